The maximum atomic E-state index is 13.0. The molecule has 0 aliphatic carbocycles. The lowest BCUT2D eigenvalue weighted by atomic mass is 10.0. The third-order valence-electron chi connectivity index (χ3n) is 4.64. The summed E-state index contributed by atoms with van der Waals surface area (Å²) in [6.45, 7) is 7.56. The topological polar surface area (TPSA) is 117 Å². The fourth-order valence-corrected chi connectivity index (χ4v) is 4.30. The first-order chi connectivity index (χ1) is 14.6. The smallest absolute Gasteiger partial charge is 0.242 e. The van der Waals surface area contributed by atoms with Gasteiger partial charge in [-0.2, -0.15) is 9.82 Å². The molecular formula is C22H27N5O3S. The minimum atomic E-state index is -3.84. The number of benzene rings is 2. The minimum Gasteiger partial charge on any atom is -0.325 e. The zero-order valence-electron chi connectivity index (χ0n) is 18.0. The van der Waals surface area contributed by atoms with Crippen LogP contribution in [0.4, 0.5) is 5.69 Å². The Bertz CT molecular complexity index is 1150. The van der Waals surface area contributed by atoms with Gasteiger partial charge in [-0.3, -0.25) is 9.89 Å². The third kappa shape index (κ3) is 5.99. The molecule has 164 valence electrons. The molecule has 0 bridgehead atoms. The van der Waals surface area contributed by atoms with Crippen LogP contribution >= 0.6 is 0 Å². The summed E-state index contributed by atoms with van der Waals surface area (Å²) in [6.07, 6.45) is 0.358. The van der Waals surface area contributed by atoms with E-state index in [-0.39, 0.29) is 10.8 Å². The van der Waals surface area contributed by atoms with Crippen molar-refractivity contribution in [1.29, 1.82) is 0 Å². The molecule has 2 aromatic carbocycles. The standard InChI is InChI=1S/C22H27N5O3S/c1-14(2)12-20(27-31(29,30)19-10-8-15(3)9-11-19)22(28)24-18-7-5-6-17(13-18)21-23-16(4)25-26-21/h5-11,13-14,20,27H,12H2,1-4H3,(H,24,28)(H,23,25,26). The first-order valence-corrected chi connectivity index (χ1v) is 11.5. The van der Waals surface area contributed by atoms with Crippen molar-refractivity contribution in [2.75, 3.05) is 5.32 Å². The van der Waals surface area contributed by atoms with Gasteiger partial charge in [0.2, 0.25) is 15.9 Å². The number of amides is 1. The summed E-state index contributed by atoms with van der Waals surface area (Å²) in [5.74, 6) is 0.895. The summed E-state index contributed by atoms with van der Waals surface area (Å²) in [4.78, 5) is 17.4. The lowest BCUT2D eigenvalue weighted by Crippen LogP contribution is -2.44. The van der Waals surface area contributed by atoms with Crippen molar-refractivity contribution in [1.82, 2.24) is 19.9 Å². The summed E-state index contributed by atoms with van der Waals surface area (Å²) in [5, 5.41) is 9.73. The van der Waals surface area contributed by atoms with E-state index in [2.05, 4.69) is 25.2 Å². The van der Waals surface area contributed by atoms with Crippen molar-refractivity contribution in [2.24, 2.45) is 5.92 Å². The monoisotopic (exact) mass is 441 g/mol. The van der Waals surface area contributed by atoms with Crippen LogP contribution in [0.1, 0.15) is 31.7 Å². The highest BCUT2D eigenvalue weighted by Crippen LogP contribution is 2.20. The fourth-order valence-electron chi connectivity index (χ4n) is 3.09. The summed E-state index contributed by atoms with van der Waals surface area (Å²) >= 11 is 0. The summed E-state index contributed by atoms with van der Waals surface area (Å²) in [5.41, 5.74) is 2.23. The Kier molecular flexibility index (Phi) is 6.87. The van der Waals surface area contributed by atoms with E-state index < -0.39 is 22.0 Å². The Morgan fingerprint density at radius 2 is 1.81 bits per heavy atom. The number of carbonyl (C=O) groups is 1. The van der Waals surface area contributed by atoms with Crippen LogP contribution in [0.3, 0.4) is 0 Å². The highest BCUT2D eigenvalue weighted by atomic mass is 32.2. The molecule has 0 saturated carbocycles. The molecule has 1 unspecified atom stereocenters. The van der Waals surface area contributed by atoms with Crippen LogP contribution in [0.25, 0.3) is 11.4 Å². The van der Waals surface area contributed by atoms with Crippen molar-refractivity contribution < 1.29 is 13.2 Å². The number of sulfonamides is 1. The van der Waals surface area contributed by atoms with Gasteiger partial charge in [0.1, 0.15) is 11.9 Å². The number of anilines is 1. The number of aryl methyl sites for hydroxylation is 2. The lowest BCUT2D eigenvalue weighted by molar-refractivity contribution is -0.118. The molecule has 3 rings (SSSR count). The Labute approximate surface area is 182 Å². The Morgan fingerprint density at radius 1 is 1.10 bits per heavy atom. The fraction of sp³-hybridized carbons (Fsp3) is 0.318. The molecule has 3 N–H and O–H groups in total. The second-order valence-electron chi connectivity index (χ2n) is 7.93. The number of nitrogens with zero attached hydrogens (tertiary/aromatic N) is 2. The number of carbonyl (C=O) groups excluding carboxylic acids is 1. The van der Waals surface area contributed by atoms with Gasteiger partial charge >= 0.3 is 0 Å². The van der Waals surface area contributed by atoms with Crippen LogP contribution in [0.15, 0.2) is 53.4 Å². The normalized spacial score (nSPS) is 12.7. The van der Waals surface area contributed by atoms with Gasteiger partial charge in [0, 0.05) is 11.3 Å². The second kappa shape index (κ2) is 9.40. The van der Waals surface area contributed by atoms with E-state index >= 15 is 0 Å². The number of hydrogen-bond donors (Lipinski definition) is 3. The third-order valence-corrected chi connectivity index (χ3v) is 6.13. The first kappa shape index (κ1) is 22.6. The maximum Gasteiger partial charge on any atom is 0.242 e. The Hall–Kier alpha value is -3.04. The van der Waals surface area contributed by atoms with Gasteiger partial charge < -0.3 is 5.32 Å². The van der Waals surface area contributed by atoms with Crippen molar-refractivity contribution in [3.05, 3.63) is 59.9 Å². The van der Waals surface area contributed by atoms with Crippen LogP contribution in [0.5, 0.6) is 0 Å². The summed E-state index contributed by atoms with van der Waals surface area (Å²) in [6, 6.07) is 12.7. The van der Waals surface area contributed by atoms with Gasteiger partial charge in [0.05, 0.1) is 4.90 Å². The molecule has 3 aromatic rings. The van der Waals surface area contributed by atoms with Gasteiger partial charge in [-0.15, -0.1) is 0 Å². The zero-order valence-corrected chi connectivity index (χ0v) is 18.8. The molecule has 0 radical (unpaired) electrons. The number of H-pyrrole nitrogens is 1. The molecule has 0 fully saturated rings. The van der Waals surface area contributed by atoms with Crippen LogP contribution in [-0.2, 0) is 14.8 Å². The van der Waals surface area contributed by atoms with Crippen LogP contribution < -0.4 is 10.0 Å². The molecule has 1 atom stereocenters. The number of aromatic amines is 1. The molecule has 9 heteroatoms. The van der Waals surface area contributed by atoms with Gasteiger partial charge in [0.15, 0.2) is 5.82 Å². The van der Waals surface area contributed by atoms with Crippen molar-refractivity contribution >= 4 is 21.6 Å². The highest BCUT2D eigenvalue weighted by molar-refractivity contribution is 7.89. The van der Waals surface area contributed by atoms with E-state index in [1.807, 2.05) is 26.8 Å². The molecule has 1 heterocycles. The van der Waals surface area contributed by atoms with Gasteiger partial charge in [0.25, 0.3) is 0 Å². The highest BCUT2D eigenvalue weighted by Gasteiger charge is 2.26. The average Bonchev–Trinajstić information content (AvgIpc) is 3.14. The van der Waals surface area contributed by atoms with Gasteiger partial charge in [-0.1, -0.05) is 43.7 Å². The molecule has 0 spiro atoms. The summed E-state index contributed by atoms with van der Waals surface area (Å²) in [7, 11) is -3.84. The van der Waals surface area contributed by atoms with E-state index in [1.54, 1.807) is 37.3 Å². The molecule has 0 aliphatic rings. The number of aromatic nitrogens is 3. The van der Waals surface area contributed by atoms with E-state index in [0.717, 1.165) is 11.1 Å². The van der Waals surface area contributed by atoms with Gasteiger partial charge in [-0.05, 0) is 50.5 Å². The Morgan fingerprint density at radius 3 is 2.42 bits per heavy atom. The predicted molar refractivity (Wildman–Crippen MR) is 120 cm³/mol. The Balaban J connectivity index is 1.79. The SMILES string of the molecule is Cc1ccc(S(=O)(=O)NC(CC(C)C)C(=O)Nc2cccc(-c3n[nH]c(C)n3)c2)cc1. The van der Waals surface area contributed by atoms with E-state index in [9.17, 15) is 13.2 Å². The molecular weight excluding hydrogens is 414 g/mol. The molecule has 0 saturated heterocycles. The van der Waals surface area contributed by atoms with E-state index in [4.69, 9.17) is 0 Å². The first-order valence-electron chi connectivity index (χ1n) is 10.0. The van der Waals surface area contributed by atoms with Crippen LogP contribution in [-0.4, -0.2) is 35.5 Å². The van der Waals surface area contributed by atoms with Crippen molar-refractivity contribution in [3.63, 3.8) is 0 Å². The zero-order chi connectivity index (χ0) is 22.6. The summed E-state index contributed by atoms with van der Waals surface area (Å²) < 4.78 is 28.2. The number of hydrogen-bond acceptors (Lipinski definition) is 5. The van der Waals surface area contributed by atoms with Crippen molar-refractivity contribution in [3.8, 4) is 11.4 Å². The largest absolute Gasteiger partial charge is 0.325 e. The lowest BCUT2D eigenvalue weighted by Gasteiger charge is -2.20. The molecule has 31 heavy (non-hydrogen) atoms. The van der Waals surface area contributed by atoms with Crippen molar-refractivity contribution in [2.45, 2.75) is 45.1 Å². The second-order valence-corrected chi connectivity index (χ2v) is 9.64. The number of nitrogens with one attached hydrogen (secondary N) is 3. The van der Waals surface area contributed by atoms with E-state index in [0.29, 0.717) is 23.8 Å². The predicted octanol–water partition coefficient (Wildman–Crippen LogP) is 3.42. The average molecular weight is 442 g/mol. The molecule has 1 amide bonds. The molecule has 0 aliphatic heterocycles. The van der Waals surface area contributed by atoms with Crippen LogP contribution in [0, 0.1) is 19.8 Å². The maximum absolute atomic E-state index is 13.0. The minimum absolute atomic E-state index is 0.110. The molecule has 8 nitrogen and oxygen atoms in total. The quantitative estimate of drug-likeness (QED) is 0.495. The van der Waals surface area contributed by atoms with Gasteiger partial charge in [-0.25, -0.2) is 13.4 Å². The number of rotatable bonds is 8. The van der Waals surface area contributed by atoms with Crippen LogP contribution in [0.2, 0.25) is 0 Å². The van der Waals surface area contributed by atoms with E-state index in [1.165, 1.54) is 12.1 Å². The molecule has 1 aromatic heterocycles.